The minimum Gasteiger partial charge on any atom is -0.495 e. The molecule has 0 aliphatic carbocycles. The van der Waals surface area contributed by atoms with Gasteiger partial charge in [-0.2, -0.15) is 0 Å². The maximum absolute atomic E-state index is 10.5. The van der Waals surface area contributed by atoms with E-state index in [0.29, 0.717) is 16.3 Å². The number of methoxy groups -OCH3 is 1. The molecule has 0 aromatic heterocycles. The molecule has 0 unspecified atom stereocenters. The number of halogens is 1. The molecule has 1 aromatic carbocycles. The van der Waals surface area contributed by atoms with Crippen molar-refractivity contribution in [2.75, 3.05) is 7.11 Å². The second-order valence-corrected chi connectivity index (χ2v) is 2.98. The number of rotatable bonds is 3. The van der Waals surface area contributed by atoms with E-state index in [1.807, 2.05) is 0 Å². The van der Waals surface area contributed by atoms with Gasteiger partial charge in [0.05, 0.1) is 12.1 Å². The van der Waals surface area contributed by atoms with Crippen LogP contribution in [-0.4, -0.2) is 13.0 Å². The van der Waals surface area contributed by atoms with Crippen LogP contribution in [0, 0.1) is 0 Å². The second-order valence-electron chi connectivity index (χ2n) is 2.60. The minimum absolute atomic E-state index is 0.465. The Morgan fingerprint density at radius 2 is 2.29 bits per heavy atom. The normalized spacial score (nSPS) is 10.4. The smallest absolute Gasteiger partial charge is 0.241 e. The summed E-state index contributed by atoms with van der Waals surface area (Å²) >= 11 is 5.96. The Bertz CT molecular complexity index is 374. The van der Waals surface area contributed by atoms with Gasteiger partial charge in [-0.15, -0.1) is 0 Å². The molecule has 0 aliphatic rings. The molecule has 0 saturated carbocycles. The molecule has 0 bridgehead atoms. The topological polar surface area (TPSA) is 52.3 Å². The van der Waals surface area contributed by atoms with Crippen molar-refractivity contribution < 1.29 is 9.53 Å². The highest BCUT2D eigenvalue weighted by Gasteiger charge is 2.02. The summed E-state index contributed by atoms with van der Waals surface area (Å²) in [5.74, 6) is 0.0576. The van der Waals surface area contributed by atoms with Crippen LogP contribution in [0.4, 0.5) is 0 Å². The average Bonchev–Trinajstić information content (AvgIpc) is 2.16. The van der Waals surface area contributed by atoms with Gasteiger partial charge in [0.2, 0.25) is 5.91 Å². The number of benzene rings is 1. The standard InChI is InChI=1S/C10H10ClNO2/c1-14-8-4-2-3-7(10(8)11)5-6-9(12)13/h2-6H,1H3,(H2,12,13)/b6-5-. The predicted molar refractivity (Wildman–Crippen MR) is 56.2 cm³/mol. The van der Waals surface area contributed by atoms with Gasteiger partial charge in [0, 0.05) is 6.08 Å². The molecule has 1 amide bonds. The lowest BCUT2D eigenvalue weighted by atomic mass is 10.2. The number of amides is 1. The first kappa shape index (κ1) is 10.6. The maximum atomic E-state index is 10.5. The molecule has 0 heterocycles. The Labute approximate surface area is 87.1 Å². The molecule has 1 aromatic rings. The molecular formula is C10H10ClNO2. The van der Waals surface area contributed by atoms with Crippen molar-refractivity contribution in [2.24, 2.45) is 5.73 Å². The number of carbonyl (C=O) groups excluding carboxylic acids is 1. The number of hydrogen-bond donors (Lipinski definition) is 1. The van der Waals surface area contributed by atoms with Gasteiger partial charge in [0.25, 0.3) is 0 Å². The number of ether oxygens (including phenoxy) is 1. The highest BCUT2D eigenvalue weighted by molar-refractivity contribution is 6.33. The van der Waals surface area contributed by atoms with Crippen LogP contribution in [0.25, 0.3) is 6.08 Å². The van der Waals surface area contributed by atoms with E-state index < -0.39 is 5.91 Å². The average molecular weight is 212 g/mol. The third-order valence-electron chi connectivity index (χ3n) is 1.64. The Balaban J connectivity index is 3.03. The second kappa shape index (κ2) is 4.67. The van der Waals surface area contributed by atoms with Crippen molar-refractivity contribution in [3.63, 3.8) is 0 Å². The van der Waals surface area contributed by atoms with Crippen molar-refractivity contribution in [3.8, 4) is 5.75 Å². The summed E-state index contributed by atoms with van der Waals surface area (Å²) in [6.45, 7) is 0. The zero-order valence-electron chi connectivity index (χ0n) is 7.66. The van der Waals surface area contributed by atoms with E-state index in [2.05, 4.69) is 0 Å². The minimum atomic E-state index is -0.510. The zero-order valence-corrected chi connectivity index (χ0v) is 8.41. The molecule has 2 N–H and O–H groups in total. The lowest BCUT2D eigenvalue weighted by molar-refractivity contribution is -0.113. The molecule has 0 aliphatic heterocycles. The van der Waals surface area contributed by atoms with E-state index >= 15 is 0 Å². The fourth-order valence-corrected chi connectivity index (χ4v) is 1.25. The summed E-state index contributed by atoms with van der Waals surface area (Å²) in [6.07, 6.45) is 2.80. The molecular weight excluding hydrogens is 202 g/mol. The van der Waals surface area contributed by atoms with Gasteiger partial charge in [0.1, 0.15) is 5.75 Å². The molecule has 0 radical (unpaired) electrons. The third-order valence-corrected chi connectivity index (χ3v) is 2.04. The summed E-state index contributed by atoms with van der Waals surface area (Å²) in [5.41, 5.74) is 5.66. The molecule has 74 valence electrons. The lowest BCUT2D eigenvalue weighted by Gasteiger charge is -2.04. The van der Waals surface area contributed by atoms with Crippen LogP contribution in [0.2, 0.25) is 5.02 Å². The molecule has 3 nitrogen and oxygen atoms in total. The van der Waals surface area contributed by atoms with Crippen molar-refractivity contribution in [3.05, 3.63) is 34.9 Å². The van der Waals surface area contributed by atoms with Crippen molar-refractivity contribution in [1.29, 1.82) is 0 Å². The van der Waals surface area contributed by atoms with Crippen molar-refractivity contribution >= 4 is 23.6 Å². The molecule has 0 fully saturated rings. The Morgan fingerprint density at radius 3 is 2.86 bits per heavy atom. The van der Waals surface area contributed by atoms with Crippen LogP contribution < -0.4 is 10.5 Å². The third kappa shape index (κ3) is 2.50. The van der Waals surface area contributed by atoms with Crippen LogP contribution in [-0.2, 0) is 4.79 Å². The summed E-state index contributed by atoms with van der Waals surface area (Å²) in [5, 5.41) is 0.465. The number of nitrogens with two attached hydrogens (primary N) is 1. The summed E-state index contributed by atoms with van der Waals surface area (Å²) in [4.78, 5) is 10.5. The lowest BCUT2D eigenvalue weighted by Crippen LogP contribution is -2.05. The van der Waals surface area contributed by atoms with E-state index in [1.54, 1.807) is 24.3 Å². The predicted octanol–water partition coefficient (Wildman–Crippen LogP) is 1.85. The SMILES string of the molecule is COc1cccc(/C=C\C(N)=O)c1Cl. The van der Waals surface area contributed by atoms with Crippen LogP contribution in [0.15, 0.2) is 24.3 Å². The first-order valence-corrected chi connectivity index (χ1v) is 4.33. The molecule has 0 saturated heterocycles. The van der Waals surface area contributed by atoms with Crippen LogP contribution in [0.3, 0.4) is 0 Å². The highest BCUT2D eigenvalue weighted by Crippen LogP contribution is 2.28. The van der Waals surface area contributed by atoms with E-state index in [4.69, 9.17) is 22.1 Å². The van der Waals surface area contributed by atoms with Crippen LogP contribution in [0.5, 0.6) is 5.75 Å². The van der Waals surface area contributed by atoms with Gasteiger partial charge < -0.3 is 10.5 Å². The molecule has 0 spiro atoms. The summed E-state index contributed by atoms with van der Waals surface area (Å²) in [6, 6.07) is 5.29. The zero-order chi connectivity index (χ0) is 10.6. The summed E-state index contributed by atoms with van der Waals surface area (Å²) < 4.78 is 5.01. The van der Waals surface area contributed by atoms with Gasteiger partial charge in [-0.1, -0.05) is 23.7 Å². The van der Waals surface area contributed by atoms with Gasteiger partial charge in [-0.25, -0.2) is 0 Å². The van der Waals surface area contributed by atoms with Gasteiger partial charge >= 0.3 is 0 Å². The highest BCUT2D eigenvalue weighted by atomic mass is 35.5. The monoisotopic (exact) mass is 211 g/mol. The van der Waals surface area contributed by atoms with E-state index in [1.165, 1.54) is 13.2 Å². The molecule has 0 atom stereocenters. The number of primary amides is 1. The maximum Gasteiger partial charge on any atom is 0.241 e. The van der Waals surface area contributed by atoms with Crippen LogP contribution >= 0.6 is 11.6 Å². The van der Waals surface area contributed by atoms with Gasteiger partial charge in [-0.3, -0.25) is 4.79 Å². The number of hydrogen-bond acceptors (Lipinski definition) is 2. The van der Waals surface area contributed by atoms with E-state index in [0.717, 1.165) is 0 Å². The Morgan fingerprint density at radius 1 is 1.57 bits per heavy atom. The fourth-order valence-electron chi connectivity index (χ4n) is 0.986. The summed E-state index contributed by atoms with van der Waals surface area (Å²) in [7, 11) is 1.53. The fraction of sp³-hybridized carbons (Fsp3) is 0.100. The number of carbonyl (C=O) groups is 1. The van der Waals surface area contributed by atoms with E-state index in [-0.39, 0.29) is 0 Å². The van der Waals surface area contributed by atoms with Gasteiger partial charge in [0.15, 0.2) is 0 Å². The Hall–Kier alpha value is -1.48. The Kier molecular flexibility index (Phi) is 3.54. The molecule has 1 rings (SSSR count). The quantitative estimate of drug-likeness (QED) is 0.776. The van der Waals surface area contributed by atoms with Crippen molar-refractivity contribution in [2.45, 2.75) is 0 Å². The molecule has 4 heteroatoms. The van der Waals surface area contributed by atoms with Crippen LogP contribution in [0.1, 0.15) is 5.56 Å². The van der Waals surface area contributed by atoms with E-state index in [9.17, 15) is 4.79 Å². The first-order valence-electron chi connectivity index (χ1n) is 3.95. The van der Waals surface area contributed by atoms with Crippen molar-refractivity contribution in [1.82, 2.24) is 0 Å². The van der Waals surface area contributed by atoms with Gasteiger partial charge in [-0.05, 0) is 17.7 Å². The molecule has 14 heavy (non-hydrogen) atoms. The first-order chi connectivity index (χ1) is 6.65. The largest absolute Gasteiger partial charge is 0.495 e.